The fraction of sp³-hybridized carbons (Fsp3) is 0.538. The van der Waals surface area contributed by atoms with Crippen molar-refractivity contribution >= 4 is 0 Å². The molecule has 2 bridgehead atoms. The van der Waals surface area contributed by atoms with E-state index in [1.54, 1.807) is 0 Å². The number of benzene rings is 1. The van der Waals surface area contributed by atoms with Gasteiger partial charge in [-0.15, -0.1) is 0 Å². The number of hydrogen-bond donors (Lipinski definition) is 1. The van der Waals surface area contributed by atoms with Crippen LogP contribution in [0.1, 0.15) is 18.4 Å². The molecule has 0 aromatic heterocycles. The maximum Gasteiger partial charge on any atom is 0.0698 e. The van der Waals surface area contributed by atoms with Crippen molar-refractivity contribution in [2.75, 3.05) is 6.54 Å². The van der Waals surface area contributed by atoms with Gasteiger partial charge in [0, 0.05) is 19.1 Å². The third kappa shape index (κ3) is 1.68. The average Bonchev–Trinajstić information content (AvgIpc) is 2.77. The van der Waals surface area contributed by atoms with Crippen LogP contribution in [0.2, 0.25) is 0 Å². The normalized spacial score (nSPS) is 34.9. The molecule has 0 unspecified atom stereocenters. The van der Waals surface area contributed by atoms with Crippen LogP contribution in [0.3, 0.4) is 0 Å². The van der Waals surface area contributed by atoms with Crippen LogP contribution in [-0.2, 0) is 6.54 Å². The van der Waals surface area contributed by atoms with Crippen molar-refractivity contribution in [2.45, 2.75) is 31.5 Å². The third-order valence-electron chi connectivity index (χ3n) is 3.78. The smallest absolute Gasteiger partial charge is 0.0698 e. The third-order valence-corrected chi connectivity index (χ3v) is 3.78. The van der Waals surface area contributed by atoms with Crippen LogP contribution in [0.25, 0.3) is 0 Å². The van der Waals surface area contributed by atoms with Gasteiger partial charge in [-0.3, -0.25) is 4.90 Å². The predicted molar refractivity (Wildman–Crippen MR) is 59.4 cm³/mol. The molecule has 1 aliphatic carbocycles. The van der Waals surface area contributed by atoms with Crippen molar-refractivity contribution in [1.29, 1.82) is 0 Å². The van der Waals surface area contributed by atoms with E-state index < -0.39 is 0 Å². The molecular weight excluding hydrogens is 186 g/mol. The number of piperidine rings is 1. The second-order valence-corrected chi connectivity index (χ2v) is 4.89. The zero-order valence-electron chi connectivity index (χ0n) is 8.84. The van der Waals surface area contributed by atoms with Gasteiger partial charge < -0.3 is 5.11 Å². The summed E-state index contributed by atoms with van der Waals surface area (Å²) in [5, 5.41) is 9.83. The van der Waals surface area contributed by atoms with Gasteiger partial charge in [-0.2, -0.15) is 0 Å². The molecule has 0 spiro atoms. The van der Waals surface area contributed by atoms with Gasteiger partial charge in [-0.05, 0) is 24.3 Å². The molecule has 2 fully saturated rings. The van der Waals surface area contributed by atoms with Crippen molar-refractivity contribution in [3.8, 4) is 0 Å². The second kappa shape index (κ2) is 3.62. The number of nitrogens with zero attached hydrogens (tertiary/aromatic N) is 1. The Morgan fingerprint density at radius 3 is 2.67 bits per heavy atom. The van der Waals surface area contributed by atoms with Gasteiger partial charge in [-0.25, -0.2) is 0 Å². The molecule has 2 aliphatic rings. The molecule has 0 radical (unpaired) electrons. The molecule has 1 saturated carbocycles. The minimum absolute atomic E-state index is 0.0764. The minimum Gasteiger partial charge on any atom is -0.391 e. The van der Waals surface area contributed by atoms with Crippen molar-refractivity contribution in [1.82, 2.24) is 4.90 Å². The van der Waals surface area contributed by atoms with Crippen LogP contribution in [0.5, 0.6) is 0 Å². The highest BCUT2D eigenvalue weighted by molar-refractivity contribution is 5.15. The number of likely N-dealkylation sites (tertiary alicyclic amines) is 1. The van der Waals surface area contributed by atoms with E-state index >= 15 is 0 Å². The van der Waals surface area contributed by atoms with E-state index in [4.69, 9.17) is 0 Å². The van der Waals surface area contributed by atoms with Crippen LogP contribution in [0, 0.1) is 5.92 Å². The van der Waals surface area contributed by atoms with Gasteiger partial charge in [-0.1, -0.05) is 30.3 Å². The summed E-state index contributed by atoms with van der Waals surface area (Å²) in [6.45, 7) is 2.18. The summed E-state index contributed by atoms with van der Waals surface area (Å²) in [6.07, 6.45) is 2.15. The van der Waals surface area contributed by atoms with Gasteiger partial charge in [0.25, 0.3) is 0 Å². The number of rotatable bonds is 2. The molecule has 15 heavy (non-hydrogen) atoms. The lowest BCUT2D eigenvalue weighted by molar-refractivity contribution is 0.0529. The van der Waals surface area contributed by atoms with Crippen molar-refractivity contribution in [3.63, 3.8) is 0 Å². The number of hydrogen-bond acceptors (Lipinski definition) is 2. The summed E-state index contributed by atoms with van der Waals surface area (Å²) >= 11 is 0. The number of fused-ring (bicyclic) bond motifs is 2. The van der Waals surface area contributed by atoms with Crippen LogP contribution < -0.4 is 0 Å². The van der Waals surface area contributed by atoms with E-state index in [2.05, 4.69) is 35.2 Å². The zero-order valence-corrected chi connectivity index (χ0v) is 8.84. The SMILES string of the molecule is O[C@H]1C[C@H]2C[C@H]1N(Cc1ccccc1)C2. The van der Waals surface area contributed by atoms with E-state index in [1.165, 1.54) is 18.5 Å². The molecule has 3 rings (SSSR count). The fourth-order valence-electron chi connectivity index (χ4n) is 3.10. The molecule has 2 heteroatoms. The molecule has 1 heterocycles. The maximum atomic E-state index is 9.83. The fourth-order valence-corrected chi connectivity index (χ4v) is 3.10. The monoisotopic (exact) mass is 203 g/mol. The highest BCUT2D eigenvalue weighted by Crippen LogP contribution is 2.38. The molecule has 1 N–H and O–H groups in total. The highest BCUT2D eigenvalue weighted by atomic mass is 16.3. The molecule has 3 atom stereocenters. The van der Waals surface area contributed by atoms with Gasteiger partial charge >= 0.3 is 0 Å². The molecule has 1 saturated heterocycles. The van der Waals surface area contributed by atoms with E-state index in [9.17, 15) is 5.11 Å². The van der Waals surface area contributed by atoms with Gasteiger partial charge in [0.2, 0.25) is 0 Å². The van der Waals surface area contributed by atoms with E-state index in [-0.39, 0.29) is 6.10 Å². The van der Waals surface area contributed by atoms with Crippen molar-refractivity contribution < 1.29 is 5.11 Å². The molecule has 2 nitrogen and oxygen atoms in total. The molecule has 0 amide bonds. The quantitative estimate of drug-likeness (QED) is 0.790. The second-order valence-electron chi connectivity index (χ2n) is 4.89. The Hall–Kier alpha value is -0.860. The Balaban J connectivity index is 1.70. The van der Waals surface area contributed by atoms with Gasteiger partial charge in [0.05, 0.1) is 6.10 Å². The lowest BCUT2D eigenvalue weighted by Crippen LogP contribution is -2.40. The Kier molecular flexibility index (Phi) is 2.26. The highest BCUT2D eigenvalue weighted by Gasteiger charge is 2.43. The zero-order chi connectivity index (χ0) is 10.3. The summed E-state index contributed by atoms with van der Waals surface area (Å²) < 4.78 is 0. The summed E-state index contributed by atoms with van der Waals surface area (Å²) in [6, 6.07) is 11.0. The Morgan fingerprint density at radius 1 is 1.20 bits per heavy atom. The van der Waals surface area contributed by atoms with E-state index in [1.807, 2.05) is 0 Å². The standard InChI is InChI=1S/C13H17NO/c15-13-7-11-6-12(13)14(9-11)8-10-4-2-1-3-5-10/h1-5,11-13,15H,6-9H2/t11-,12-,13+/m1/s1. The van der Waals surface area contributed by atoms with Crippen LogP contribution in [0.4, 0.5) is 0 Å². The largest absolute Gasteiger partial charge is 0.391 e. The van der Waals surface area contributed by atoms with E-state index in [0.717, 1.165) is 18.9 Å². The molecule has 1 aromatic rings. The molecule has 1 aliphatic heterocycles. The maximum absolute atomic E-state index is 9.83. The molecular formula is C13H17NO. The lowest BCUT2D eigenvalue weighted by atomic mass is 10.1. The predicted octanol–water partition coefficient (Wildman–Crippen LogP) is 1.64. The first kappa shape index (κ1) is 9.37. The minimum atomic E-state index is -0.0764. The molecule has 80 valence electrons. The average molecular weight is 203 g/mol. The summed E-state index contributed by atoms with van der Waals surface area (Å²) in [4.78, 5) is 2.44. The first-order valence-corrected chi connectivity index (χ1v) is 5.79. The van der Waals surface area contributed by atoms with Crippen LogP contribution >= 0.6 is 0 Å². The Bertz CT molecular complexity index is 338. The van der Waals surface area contributed by atoms with E-state index in [0.29, 0.717) is 6.04 Å². The number of aliphatic hydroxyl groups is 1. The summed E-state index contributed by atoms with van der Waals surface area (Å²) in [5.74, 6) is 0.744. The number of aliphatic hydroxyl groups excluding tert-OH is 1. The van der Waals surface area contributed by atoms with Crippen molar-refractivity contribution in [3.05, 3.63) is 35.9 Å². The van der Waals surface area contributed by atoms with Crippen LogP contribution in [-0.4, -0.2) is 28.7 Å². The summed E-state index contributed by atoms with van der Waals surface area (Å²) in [5.41, 5.74) is 1.36. The first-order chi connectivity index (χ1) is 7.33. The Morgan fingerprint density at radius 2 is 2.00 bits per heavy atom. The first-order valence-electron chi connectivity index (χ1n) is 5.79. The topological polar surface area (TPSA) is 23.5 Å². The lowest BCUT2D eigenvalue weighted by Gasteiger charge is -2.30. The van der Waals surface area contributed by atoms with Gasteiger partial charge in [0.15, 0.2) is 0 Å². The van der Waals surface area contributed by atoms with Gasteiger partial charge in [0.1, 0.15) is 0 Å². The van der Waals surface area contributed by atoms with Crippen LogP contribution in [0.15, 0.2) is 30.3 Å². The Labute approximate surface area is 90.5 Å². The summed E-state index contributed by atoms with van der Waals surface area (Å²) in [7, 11) is 0. The van der Waals surface area contributed by atoms with Crippen molar-refractivity contribution in [2.24, 2.45) is 5.92 Å². The molecule has 1 aromatic carbocycles.